The maximum Gasteiger partial charge on any atom is 0.320 e. The van der Waals surface area contributed by atoms with Crippen molar-refractivity contribution in [1.29, 1.82) is 0 Å². The number of carbonyl (C=O) groups is 2. The molecule has 0 aliphatic carbocycles. The van der Waals surface area contributed by atoms with Crippen LogP contribution in [0.15, 0.2) is 0 Å². The zero-order valence-corrected chi connectivity index (χ0v) is 9.47. The Morgan fingerprint density at radius 1 is 1.06 bits per heavy atom. The average molecular weight is 276 g/mol. The lowest BCUT2D eigenvalue weighted by molar-refractivity contribution is -0.139. The lowest BCUT2D eigenvalue weighted by Crippen LogP contribution is -2.30. The molecule has 0 saturated heterocycles. The largest absolute Gasteiger partial charge is 0.480 e. The highest BCUT2D eigenvalue weighted by Gasteiger charge is 2.12. The van der Waals surface area contributed by atoms with Gasteiger partial charge in [0.1, 0.15) is 12.1 Å². The Balaban J connectivity index is 5.35. The van der Waals surface area contributed by atoms with Crippen molar-refractivity contribution >= 4 is 33.5 Å². The first-order chi connectivity index (χ1) is 10.4. The van der Waals surface area contributed by atoms with Crippen LogP contribution in [0.4, 0.5) is 0 Å². The van der Waals surface area contributed by atoms with Crippen LogP contribution in [0.3, 0.4) is 0 Å². The van der Waals surface area contributed by atoms with Gasteiger partial charge in [-0.1, -0.05) is 21.6 Å². The van der Waals surface area contributed by atoms with E-state index < -0.39 is 48.2 Å². The molecule has 6 nitrogen and oxygen atoms in total. The summed E-state index contributed by atoms with van der Waals surface area (Å²) in [4.78, 5) is 21.5. The zero-order valence-electron chi connectivity index (χ0n) is 15.8. The summed E-state index contributed by atoms with van der Waals surface area (Å²) >= 11 is 0. The second-order valence-corrected chi connectivity index (χ2v) is 4.03. The molecule has 94 valence electrons. The molecule has 0 rings (SSSR count). The van der Waals surface area contributed by atoms with Crippen molar-refractivity contribution in [3.63, 3.8) is 0 Å². The van der Waals surface area contributed by atoms with Gasteiger partial charge in [0.2, 0.25) is 0 Å². The monoisotopic (exact) mass is 276 g/mol. The number of aliphatic carboxylic acids is 2. The topological polar surface area (TPSA) is 127 Å². The van der Waals surface area contributed by atoms with E-state index in [1.54, 1.807) is 0 Å². The predicted octanol–water partition coefficient (Wildman–Crippen LogP) is -0.0282. The zero-order chi connectivity index (χ0) is 19.7. The molecule has 16 heavy (non-hydrogen) atoms. The Kier molecular flexibility index (Phi) is 3.52. The first-order valence-corrected chi connectivity index (χ1v) is 5.90. The SMILES string of the molecule is [2H]C([2H])(SSC([2H])([2H])C([2H])([2H])C(N)C(=O)O)C([2H])([2H])C(N)C(=O)O. The Labute approximate surface area is 113 Å². The second-order valence-electron chi connectivity index (χ2n) is 2.29. The molecule has 0 saturated carbocycles. The molecule has 0 heterocycles. The molecule has 0 amide bonds. The molecule has 0 radical (unpaired) electrons. The van der Waals surface area contributed by atoms with E-state index in [0.29, 0.717) is 0 Å². The summed E-state index contributed by atoms with van der Waals surface area (Å²) in [5, 5.41) is 17.4. The van der Waals surface area contributed by atoms with Gasteiger partial charge in [-0.15, -0.1) is 0 Å². The lowest BCUT2D eigenvalue weighted by atomic mass is 10.2. The van der Waals surface area contributed by atoms with E-state index in [1.807, 2.05) is 0 Å². The van der Waals surface area contributed by atoms with Crippen LogP contribution in [-0.4, -0.2) is 45.6 Å². The molecule has 2 unspecified atom stereocenters. The molecule has 0 spiro atoms. The summed E-state index contributed by atoms with van der Waals surface area (Å²) < 4.78 is 60.3. The lowest BCUT2D eigenvalue weighted by Gasteiger charge is -2.06. The smallest absolute Gasteiger partial charge is 0.320 e. The molecule has 0 bridgehead atoms. The molecule has 2 atom stereocenters. The number of rotatable bonds is 9. The van der Waals surface area contributed by atoms with Crippen LogP contribution in [0.2, 0.25) is 0 Å². The number of hydrogen-bond donors (Lipinski definition) is 4. The molecular weight excluding hydrogens is 252 g/mol. The van der Waals surface area contributed by atoms with Crippen molar-refractivity contribution in [1.82, 2.24) is 0 Å². The molecule has 0 aromatic rings. The van der Waals surface area contributed by atoms with Crippen LogP contribution in [0, 0.1) is 0 Å². The van der Waals surface area contributed by atoms with Crippen LogP contribution >= 0.6 is 21.6 Å². The van der Waals surface area contributed by atoms with Gasteiger partial charge in [0.15, 0.2) is 0 Å². The molecule has 0 aliphatic heterocycles. The highest BCUT2D eigenvalue weighted by molar-refractivity contribution is 8.76. The molecule has 0 fully saturated rings. The van der Waals surface area contributed by atoms with Crippen molar-refractivity contribution < 1.29 is 30.8 Å². The maximum atomic E-state index is 10.8. The standard InChI is InChI=1S/C8H16N2O4S2/c9-5(7(11)12)1-3-15-16-4-2-6(10)8(13)14/h5-6H,1-4,9-10H2,(H,11,12)(H,13,14)/i1D2,2D2,3D2,4D2. The van der Waals surface area contributed by atoms with E-state index in [1.165, 1.54) is 0 Å². The van der Waals surface area contributed by atoms with E-state index >= 15 is 0 Å². The van der Waals surface area contributed by atoms with Crippen molar-refractivity contribution in [2.75, 3.05) is 11.4 Å². The quantitative estimate of drug-likeness (QED) is 0.432. The predicted molar refractivity (Wildman–Crippen MR) is 65.4 cm³/mol. The normalized spacial score (nSPS) is 25.4. The number of hydrogen-bond acceptors (Lipinski definition) is 6. The van der Waals surface area contributed by atoms with Gasteiger partial charge >= 0.3 is 11.9 Å². The summed E-state index contributed by atoms with van der Waals surface area (Å²) in [5.74, 6) is -3.64. The number of nitrogens with two attached hydrogens (primary N) is 2. The molecule has 0 aromatic carbocycles. The Morgan fingerprint density at radius 2 is 1.38 bits per heavy atom. The van der Waals surface area contributed by atoms with Gasteiger partial charge in [-0.3, -0.25) is 9.59 Å². The van der Waals surface area contributed by atoms with Gasteiger partial charge in [-0.05, 0) is 12.7 Å². The van der Waals surface area contributed by atoms with Crippen LogP contribution in [0.5, 0.6) is 0 Å². The molecular formula is C8H16N2O4S2. The third-order valence-electron chi connectivity index (χ3n) is 1.09. The Morgan fingerprint density at radius 3 is 1.62 bits per heavy atom. The summed E-state index contributed by atoms with van der Waals surface area (Å²) in [6.45, 7) is 0. The second kappa shape index (κ2) is 8.68. The van der Waals surface area contributed by atoms with Crippen molar-refractivity contribution in [2.45, 2.75) is 24.8 Å². The minimum Gasteiger partial charge on any atom is -0.480 e. The van der Waals surface area contributed by atoms with Gasteiger partial charge in [0.25, 0.3) is 0 Å². The third-order valence-corrected chi connectivity index (χ3v) is 2.32. The number of carboxylic acids is 2. The van der Waals surface area contributed by atoms with Crippen molar-refractivity contribution in [3.8, 4) is 0 Å². The minimum absolute atomic E-state index is 0.137. The maximum absolute atomic E-state index is 10.8. The van der Waals surface area contributed by atoms with Gasteiger partial charge in [-0.25, -0.2) is 0 Å². The van der Waals surface area contributed by atoms with Crippen LogP contribution in [0.1, 0.15) is 23.7 Å². The van der Waals surface area contributed by atoms with Gasteiger partial charge < -0.3 is 21.7 Å². The minimum atomic E-state index is -3.13. The summed E-state index contributed by atoms with van der Waals surface area (Å²) in [6, 6.07) is -4.52. The average Bonchev–Trinajstić information content (AvgIpc) is 2.42. The van der Waals surface area contributed by atoms with Crippen molar-refractivity contribution in [2.24, 2.45) is 11.5 Å². The third kappa shape index (κ3) is 7.80. The van der Waals surface area contributed by atoms with E-state index in [9.17, 15) is 9.59 Å². The Bertz CT molecular complexity index is 462. The van der Waals surface area contributed by atoms with Gasteiger partial charge in [0.05, 0.1) is 0 Å². The van der Waals surface area contributed by atoms with Gasteiger partial charge in [-0.2, -0.15) is 0 Å². The van der Waals surface area contributed by atoms with Crippen molar-refractivity contribution in [3.05, 3.63) is 0 Å². The van der Waals surface area contributed by atoms with E-state index in [-0.39, 0.29) is 21.6 Å². The van der Waals surface area contributed by atoms with E-state index in [2.05, 4.69) is 0 Å². The van der Waals surface area contributed by atoms with E-state index in [0.717, 1.165) is 0 Å². The summed E-state index contributed by atoms with van der Waals surface area (Å²) in [5.41, 5.74) is 4.11. The van der Waals surface area contributed by atoms with Crippen LogP contribution in [-0.2, 0) is 9.59 Å². The van der Waals surface area contributed by atoms with Crippen LogP contribution < -0.4 is 11.5 Å². The summed E-state index contributed by atoms with van der Waals surface area (Å²) in [7, 11) is -0.275. The Hall–Kier alpha value is -0.440. The molecule has 8 heteroatoms. The first-order valence-electron chi connectivity index (χ1n) is 7.75. The van der Waals surface area contributed by atoms with E-state index in [4.69, 9.17) is 32.6 Å². The van der Waals surface area contributed by atoms with Crippen LogP contribution in [0.25, 0.3) is 0 Å². The highest BCUT2D eigenvalue weighted by atomic mass is 33.1. The molecule has 6 N–H and O–H groups in total. The molecule has 0 aliphatic rings. The van der Waals surface area contributed by atoms with Gasteiger partial charge in [0, 0.05) is 22.4 Å². The fraction of sp³-hybridized carbons (Fsp3) is 0.750. The number of carboxylic acid groups (broad SMARTS) is 2. The fourth-order valence-electron chi connectivity index (χ4n) is 0.340. The fourth-order valence-corrected chi connectivity index (χ4v) is 1.31. The first kappa shape index (κ1) is 6.48. The summed E-state index contributed by atoms with van der Waals surface area (Å²) in [6.07, 6.45) is -6.26. The highest BCUT2D eigenvalue weighted by Crippen LogP contribution is 2.23. The molecule has 0 aromatic heterocycles.